The van der Waals surface area contributed by atoms with Crippen molar-refractivity contribution >= 4 is 0 Å². The first-order valence-corrected chi connectivity index (χ1v) is 7.62. The maximum atomic E-state index is 13.7. The molecular weight excluding hydrogens is 307 g/mol. The lowest BCUT2D eigenvalue weighted by Gasteiger charge is -2.16. The molecule has 0 saturated carbocycles. The van der Waals surface area contributed by atoms with E-state index in [9.17, 15) is 4.39 Å². The molecule has 0 aromatic heterocycles. The second-order valence-corrected chi connectivity index (χ2v) is 5.52. The topological polar surface area (TPSA) is 27.7 Å². The van der Waals surface area contributed by atoms with E-state index in [0.29, 0.717) is 5.56 Å². The van der Waals surface area contributed by atoms with E-state index in [1.165, 1.54) is 13.2 Å². The lowest BCUT2D eigenvalue weighted by Crippen LogP contribution is -1.99. The smallest absolute Gasteiger partial charge is 0.170 e. The number of halogens is 1. The number of benzene rings is 2. The minimum absolute atomic E-state index is 0.141. The average molecular weight is 328 g/mol. The Hall–Kier alpha value is -2.67. The zero-order chi connectivity index (χ0) is 17.7. The van der Waals surface area contributed by atoms with Crippen molar-refractivity contribution in [3.63, 3.8) is 0 Å². The Morgan fingerprint density at radius 3 is 2.04 bits per heavy atom. The minimum Gasteiger partial charge on any atom is -0.496 e. The summed E-state index contributed by atoms with van der Waals surface area (Å²) in [6, 6.07) is 8.37. The van der Waals surface area contributed by atoms with Gasteiger partial charge in [0.15, 0.2) is 11.6 Å². The van der Waals surface area contributed by atoms with Gasteiger partial charge in [-0.3, -0.25) is 0 Å². The highest BCUT2D eigenvalue weighted by molar-refractivity contribution is 5.56. The molecule has 126 valence electrons. The van der Waals surface area contributed by atoms with Gasteiger partial charge in [0.25, 0.3) is 0 Å². The van der Waals surface area contributed by atoms with Crippen LogP contribution in [0.1, 0.15) is 36.5 Å². The summed E-state index contributed by atoms with van der Waals surface area (Å²) in [6.07, 6.45) is 0. The highest BCUT2D eigenvalue weighted by Crippen LogP contribution is 2.36. The third-order valence-corrected chi connectivity index (χ3v) is 3.63. The molecule has 0 spiro atoms. The third-order valence-electron chi connectivity index (χ3n) is 3.63. The Bertz CT molecular complexity index is 760. The predicted molar refractivity (Wildman–Crippen MR) is 92.6 cm³/mol. The first-order valence-electron chi connectivity index (χ1n) is 7.62. The third kappa shape index (κ3) is 3.62. The number of para-hydroxylation sites is 1. The highest BCUT2D eigenvalue weighted by Gasteiger charge is 2.15. The number of methoxy groups -OCH3 is 3. The number of ether oxygens (including phenoxy) is 3. The second kappa shape index (κ2) is 7.74. The second-order valence-electron chi connectivity index (χ2n) is 5.52. The zero-order valence-corrected chi connectivity index (χ0v) is 14.6. The van der Waals surface area contributed by atoms with E-state index in [2.05, 4.69) is 25.7 Å². The Morgan fingerprint density at radius 2 is 1.54 bits per heavy atom. The quantitative estimate of drug-likeness (QED) is 0.780. The summed E-state index contributed by atoms with van der Waals surface area (Å²) in [5.41, 5.74) is 2.21. The number of hydrogen-bond acceptors (Lipinski definition) is 3. The summed E-state index contributed by atoms with van der Waals surface area (Å²) in [5.74, 6) is 7.37. The van der Waals surface area contributed by atoms with E-state index in [4.69, 9.17) is 14.2 Å². The maximum absolute atomic E-state index is 13.7. The largest absolute Gasteiger partial charge is 0.496 e. The van der Waals surface area contributed by atoms with Gasteiger partial charge in [-0.25, -0.2) is 4.39 Å². The molecule has 0 heterocycles. The summed E-state index contributed by atoms with van der Waals surface area (Å²) in [5, 5.41) is 0. The van der Waals surface area contributed by atoms with Crippen LogP contribution >= 0.6 is 0 Å². The van der Waals surface area contributed by atoms with Crippen LogP contribution in [-0.4, -0.2) is 21.3 Å². The van der Waals surface area contributed by atoms with Crippen LogP contribution in [0.15, 0.2) is 30.3 Å². The molecule has 4 heteroatoms. The van der Waals surface area contributed by atoms with Gasteiger partial charge in [0.2, 0.25) is 0 Å². The Morgan fingerprint density at radius 1 is 0.917 bits per heavy atom. The molecule has 0 atom stereocenters. The molecule has 0 bridgehead atoms. The van der Waals surface area contributed by atoms with Gasteiger partial charge in [-0.05, 0) is 30.2 Å². The zero-order valence-electron chi connectivity index (χ0n) is 14.6. The molecule has 0 saturated heterocycles. The van der Waals surface area contributed by atoms with Crippen molar-refractivity contribution in [3.05, 3.63) is 52.8 Å². The van der Waals surface area contributed by atoms with Crippen LogP contribution < -0.4 is 14.2 Å². The highest BCUT2D eigenvalue weighted by atomic mass is 19.1. The van der Waals surface area contributed by atoms with Gasteiger partial charge in [0.1, 0.15) is 11.5 Å². The van der Waals surface area contributed by atoms with Crippen molar-refractivity contribution in [3.8, 4) is 29.1 Å². The molecule has 3 nitrogen and oxygen atoms in total. The van der Waals surface area contributed by atoms with Gasteiger partial charge in [-0.1, -0.05) is 31.8 Å². The number of hydrogen-bond donors (Lipinski definition) is 0. The van der Waals surface area contributed by atoms with E-state index in [1.807, 2.05) is 12.1 Å². The van der Waals surface area contributed by atoms with Gasteiger partial charge in [-0.15, -0.1) is 0 Å². The molecule has 2 rings (SSSR count). The van der Waals surface area contributed by atoms with E-state index in [-0.39, 0.29) is 11.7 Å². The monoisotopic (exact) mass is 328 g/mol. The van der Waals surface area contributed by atoms with E-state index in [0.717, 1.165) is 22.6 Å². The molecule has 0 aliphatic rings. The van der Waals surface area contributed by atoms with Crippen molar-refractivity contribution in [2.75, 3.05) is 21.3 Å². The Balaban J connectivity index is 2.51. The lowest BCUT2D eigenvalue weighted by atomic mass is 9.98. The predicted octanol–water partition coefficient (Wildman–Crippen LogP) is 4.37. The Labute approximate surface area is 142 Å². The molecule has 0 aliphatic heterocycles. The molecule has 0 amide bonds. The fraction of sp³-hybridized carbons (Fsp3) is 0.300. The summed E-state index contributed by atoms with van der Waals surface area (Å²) in [6.45, 7) is 4.15. The molecule has 2 aromatic rings. The normalized spacial score (nSPS) is 10.1. The molecule has 0 radical (unpaired) electrons. The van der Waals surface area contributed by atoms with Gasteiger partial charge in [0.05, 0.1) is 26.9 Å². The number of rotatable bonds is 4. The summed E-state index contributed by atoms with van der Waals surface area (Å²) < 4.78 is 29.7. The summed E-state index contributed by atoms with van der Waals surface area (Å²) in [7, 11) is 4.66. The van der Waals surface area contributed by atoms with Crippen molar-refractivity contribution in [1.29, 1.82) is 0 Å². The average Bonchev–Trinajstić information content (AvgIpc) is 2.58. The summed E-state index contributed by atoms with van der Waals surface area (Å²) >= 11 is 0. The van der Waals surface area contributed by atoms with Gasteiger partial charge >= 0.3 is 0 Å². The van der Waals surface area contributed by atoms with E-state index >= 15 is 0 Å². The first-order chi connectivity index (χ1) is 11.5. The van der Waals surface area contributed by atoms with Crippen molar-refractivity contribution < 1.29 is 18.6 Å². The van der Waals surface area contributed by atoms with Gasteiger partial charge in [0, 0.05) is 11.1 Å². The van der Waals surface area contributed by atoms with Gasteiger partial charge in [-0.2, -0.15) is 0 Å². The maximum Gasteiger partial charge on any atom is 0.170 e. The van der Waals surface area contributed by atoms with Crippen molar-refractivity contribution in [2.24, 2.45) is 0 Å². The first kappa shape index (κ1) is 17.7. The van der Waals surface area contributed by atoms with Crippen LogP contribution in [-0.2, 0) is 0 Å². The van der Waals surface area contributed by atoms with E-state index < -0.39 is 5.82 Å². The van der Waals surface area contributed by atoms with Gasteiger partial charge < -0.3 is 14.2 Å². The Kier molecular flexibility index (Phi) is 5.70. The fourth-order valence-corrected chi connectivity index (χ4v) is 2.53. The molecular formula is C20H21FO3. The molecule has 2 aromatic carbocycles. The van der Waals surface area contributed by atoms with Crippen molar-refractivity contribution in [1.82, 2.24) is 0 Å². The minimum atomic E-state index is -0.436. The van der Waals surface area contributed by atoms with E-state index in [1.54, 1.807) is 26.4 Å². The molecule has 0 N–H and O–H groups in total. The fourth-order valence-electron chi connectivity index (χ4n) is 2.53. The van der Waals surface area contributed by atoms with Crippen LogP contribution in [0.3, 0.4) is 0 Å². The molecule has 0 unspecified atom stereocenters. The lowest BCUT2D eigenvalue weighted by molar-refractivity contribution is 0.381. The summed E-state index contributed by atoms with van der Waals surface area (Å²) in [4.78, 5) is 0. The SMILES string of the molecule is COc1cc(C#Cc2cccc(F)c2OC)cc(OC)c1C(C)C. The van der Waals surface area contributed by atoms with Crippen molar-refractivity contribution in [2.45, 2.75) is 19.8 Å². The van der Waals surface area contributed by atoms with Crippen LogP contribution in [0.2, 0.25) is 0 Å². The van der Waals surface area contributed by atoms with Crippen LogP contribution in [0.4, 0.5) is 4.39 Å². The standard InChI is InChI=1S/C20H21FO3/c1-13(2)19-17(22-3)11-14(12-18(19)23-4)9-10-15-7-6-8-16(21)20(15)24-5/h6-8,11-13H,1-5H3. The van der Waals surface area contributed by atoms with Crippen LogP contribution in [0, 0.1) is 17.7 Å². The van der Waals surface area contributed by atoms with Crippen LogP contribution in [0.5, 0.6) is 17.2 Å². The molecule has 24 heavy (non-hydrogen) atoms. The molecule has 0 fully saturated rings. The molecule has 0 aliphatic carbocycles. The van der Waals surface area contributed by atoms with Crippen LogP contribution in [0.25, 0.3) is 0 Å².